The first kappa shape index (κ1) is 16.4. The molecule has 0 saturated heterocycles. The molecular formula is C11H9F6O3. The molecule has 0 spiro atoms. The molecule has 0 aliphatic heterocycles. The lowest BCUT2D eigenvalue weighted by Gasteiger charge is -2.17. The van der Waals surface area contributed by atoms with Gasteiger partial charge in [0.15, 0.2) is 11.5 Å². The van der Waals surface area contributed by atoms with E-state index in [4.69, 9.17) is 5.11 Å². The van der Waals surface area contributed by atoms with E-state index >= 15 is 0 Å². The highest BCUT2D eigenvalue weighted by Crippen LogP contribution is 2.37. The lowest BCUT2D eigenvalue weighted by atomic mass is 10.0. The highest BCUT2D eigenvalue weighted by atomic mass is 19.4. The molecule has 0 amide bonds. The number of ether oxygens (including phenoxy) is 2. The zero-order valence-electron chi connectivity index (χ0n) is 9.97. The second-order valence-electron chi connectivity index (χ2n) is 3.70. The number of benzene rings is 1. The van der Waals surface area contributed by atoms with Crippen molar-refractivity contribution < 1.29 is 40.9 Å². The average Bonchev–Trinajstić information content (AvgIpc) is 2.26. The van der Waals surface area contributed by atoms with Crippen LogP contribution in [0.1, 0.15) is 12.5 Å². The van der Waals surface area contributed by atoms with Crippen LogP contribution in [0.4, 0.5) is 26.3 Å². The molecule has 0 atom stereocenters. The van der Waals surface area contributed by atoms with E-state index in [0.717, 1.165) is 6.07 Å². The second kappa shape index (κ2) is 5.78. The first-order chi connectivity index (χ1) is 9.02. The summed E-state index contributed by atoms with van der Waals surface area (Å²) in [5.41, 5.74) is 0.0984. The third-order valence-electron chi connectivity index (χ3n) is 2.13. The third kappa shape index (κ3) is 5.16. The smallest absolute Gasteiger partial charge is 0.402 e. The van der Waals surface area contributed by atoms with Crippen molar-refractivity contribution >= 4 is 0 Å². The summed E-state index contributed by atoms with van der Waals surface area (Å²) >= 11 is 0. The fraction of sp³-hybridized carbons (Fsp3) is 0.364. The van der Waals surface area contributed by atoms with Crippen molar-refractivity contribution in [1.82, 2.24) is 0 Å². The van der Waals surface area contributed by atoms with Gasteiger partial charge in [0.1, 0.15) is 0 Å². The number of alkyl halides is 6. The van der Waals surface area contributed by atoms with Crippen LogP contribution in [0.3, 0.4) is 0 Å². The van der Waals surface area contributed by atoms with E-state index in [-0.39, 0.29) is 11.5 Å². The van der Waals surface area contributed by atoms with Crippen LogP contribution in [0, 0.1) is 5.92 Å². The predicted octanol–water partition coefficient (Wildman–Crippen LogP) is 3.42. The Hall–Kier alpha value is -1.64. The van der Waals surface area contributed by atoms with Crippen LogP contribution >= 0.6 is 0 Å². The molecule has 0 unspecified atom stereocenters. The quantitative estimate of drug-likeness (QED) is 0.866. The molecule has 1 aromatic rings. The van der Waals surface area contributed by atoms with Crippen LogP contribution < -0.4 is 9.47 Å². The molecule has 1 N–H and O–H groups in total. The van der Waals surface area contributed by atoms with Crippen molar-refractivity contribution in [3.05, 3.63) is 29.7 Å². The summed E-state index contributed by atoms with van der Waals surface area (Å²) < 4.78 is 79.6. The van der Waals surface area contributed by atoms with Gasteiger partial charge in [-0.15, -0.1) is 26.3 Å². The number of aliphatic hydroxyl groups is 1. The molecule has 0 bridgehead atoms. The van der Waals surface area contributed by atoms with Crippen LogP contribution in [0.25, 0.3) is 0 Å². The molecule has 9 heteroatoms. The Kier molecular flexibility index (Phi) is 4.74. The van der Waals surface area contributed by atoms with Crippen LogP contribution in [0.15, 0.2) is 18.2 Å². The topological polar surface area (TPSA) is 38.7 Å². The molecular weight excluding hydrogens is 294 g/mol. The van der Waals surface area contributed by atoms with Crippen molar-refractivity contribution in [2.24, 2.45) is 0 Å². The number of aliphatic hydroxyl groups excluding tert-OH is 1. The Morgan fingerprint density at radius 1 is 1.00 bits per heavy atom. The molecule has 0 aromatic heterocycles. The largest absolute Gasteiger partial charge is 0.573 e. The summed E-state index contributed by atoms with van der Waals surface area (Å²) in [6, 6.07) is 2.47. The molecule has 3 nitrogen and oxygen atoms in total. The maximum Gasteiger partial charge on any atom is 0.573 e. The zero-order chi connectivity index (χ0) is 15.6. The summed E-state index contributed by atoms with van der Waals surface area (Å²) in [5.74, 6) is -2.00. The minimum absolute atomic E-state index is 0.0984. The molecule has 1 aromatic carbocycles. The lowest BCUT2D eigenvalue weighted by Crippen LogP contribution is -2.21. The van der Waals surface area contributed by atoms with Gasteiger partial charge in [0.2, 0.25) is 0 Å². The van der Waals surface area contributed by atoms with Gasteiger partial charge in [0.05, 0.1) is 6.61 Å². The van der Waals surface area contributed by atoms with E-state index < -0.39 is 30.8 Å². The number of halogens is 6. The lowest BCUT2D eigenvalue weighted by molar-refractivity contribution is -0.287. The Bertz CT molecular complexity index is 454. The summed E-state index contributed by atoms with van der Waals surface area (Å²) in [7, 11) is 0. The van der Waals surface area contributed by atoms with Crippen LogP contribution in [0.5, 0.6) is 11.5 Å². The molecule has 0 fully saturated rings. The summed E-state index contributed by atoms with van der Waals surface area (Å²) in [6.07, 6.45) is -10.3. The highest BCUT2D eigenvalue weighted by Gasteiger charge is 2.36. The molecule has 1 radical (unpaired) electrons. The van der Waals surface area contributed by atoms with Crippen molar-refractivity contribution in [2.45, 2.75) is 19.6 Å². The van der Waals surface area contributed by atoms with Gasteiger partial charge in [-0.1, -0.05) is 13.0 Å². The Morgan fingerprint density at radius 2 is 1.50 bits per heavy atom. The van der Waals surface area contributed by atoms with Gasteiger partial charge < -0.3 is 14.6 Å². The van der Waals surface area contributed by atoms with E-state index in [1.165, 1.54) is 6.92 Å². The average molecular weight is 303 g/mol. The minimum atomic E-state index is -5.17. The standard InChI is InChI=1S/C11H9F6O3/c1-6(5-18)7-2-3-8(19-10(12,13)14)9(4-7)20-11(15,16)17/h2-4,18H,5H2,1H3. The van der Waals surface area contributed by atoms with Crippen LogP contribution in [0.2, 0.25) is 0 Å². The highest BCUT2D eigenvalue weighted by molar-refractivity contribution is 5.47. The van der Waals surface area contributed by atoms with Crippen molar-refractivity contribution in [2.75, 3.05) is 6.61 Å². The van der Waals surface area contributed by atoms with Crippen molar-refractivity contribution in [3.8, 4) is 11.5 Å². The first-order valence-corrected chi connectivity index (χ1v) is 5.11. The van der Waals surface area contributed by atoms with Gasteiger partial charge in [0, 0.05) is 5.92 Å². The molecule has 1 rings (SSSR count). The SMILES string of the molecule is C[C](CO)c1ccc(OC(F)(F)F)c(OC(F)(F)F)c1. The van der Waals surface area contributed by atoms with Gasteiger partial charge in [-0.05, 0) is 17.7 Å². The van der Waals surface area contributed by atoms with Crippen LogP contribution in [-0.2, 0) is 0 Å². The molecule has 0 saturated carbocycles. The number of hydrogen-bond acceptors (Lipinski definition) is 3. The fourth-order valence-electron chi connectivity index (χ4n) is 1.28. The maximum absolute atomic E-state index is 12.2. The van der Waals surface area contributed by atoms with Gasteiger partial charge in [-0.25, -0.2) is 0 Å². The fourth-order valence-corrected chi connectivity index (χ4v) is 1.28. The summed E-state index contributed by atoms with van der Waals surface area (Å²) in [5, 5.41) is 8.86. The van der Waals surface area contributed by atoms with Crippen molar-refractivity contribution in [1.29, 1.82) is 0 Å². The molecule has 0 heterocycles. The van der Waals surface area contributed by atoms with E-state index in [0.29, 0.717) is 12.1 Å². The molecule has 113 valence electrons. The van der Waals surface area contributed by atoms with Crippen LogP contribution in [-0.4, -0.2) is 24.4 Å². The van der Waals surface area contributed by atoms with E-state index in [1.807, 2.05) is 0 Å². The summed E-state index contributed by atoms with van der Waals surface area (Å²) in [6.45, 7) is 0.932. The van der Waals surface area contributed by atoms with E-state index in [9.17, 15) is 26.3 Å². The second-order valence-corrected chi connectivity index (χ2v) is 3.70. The molecule has 0 aliphatic rings. The van der Waals surface area contributed by atoms with Gasteiger partial charge in [-0.3, -0.25) is 0 Å². The normalized spacial score (nSPS) is 12.7. The third-order valence-corrected chi connectivity index (χ3v) is 2.13. The number of rotatable bonds is 4. The van der Waals surface area contributed by atoms with Crippen molar-refractivity contribution in [3.63, 3.8) is 0 Å². The van der Waals surface area contributed by atoms with E-state index in [1.54, 1.807) is 0 Å². The van der Waals surface area contributed by atoms with Gasteiger partial charge in [0.25, 0.3) is 0 Å². The monoisotopic (exact) mass is 303 g/mol. The number of hydrogen-bond donors (Lipinski definition) is 1. The Morgan fingerprint density at radius 3 is 1.95 bits per heavy atom. The van der Waals surface area contributed by atoms with Gasteiger partial charge in [-0.2, -0.15) is 0 Å². The minimum Gasteiger partial charge on any atom is -0.402 e. The molecule has 0 aliphatic carbocycles. The first-order valence-electron chi connectivity index (χ1n) is 5.11. The van der Waals surface area contributed by atoms with Gasteiger partial charge >= 0.3 is 12.7 Å². The Balaban J connectivity index is 3.16. The summed E-state index contributed by atoms with van der Waals surface area (Å²) in [4.78, 5) is 0. The maximum atomic E-state index is 12.2. The Labute approximate surface area is 109 Å². The zero-order valence-corrected chi connectivity index (χ0v) is 9.97. The molecule has 20 heavy (non-hydrogen) atoms. The van der Waals surface area contributed by atoms with E-state index in [2.05, 4.69) is 9.47 Å². The predicted molar refractivity (Wildman–Crippen MR) is 54.9 cm³/mol.